The minimum Gasteiger partial charge on any atom is -0.299 e. The predicted octanol–water partition coefficient (Wildman–Crippen LogP) is 2.82. The third kappa shape index (κ3) is 5.83. The molecule has 0 amide bonds. The Balaban J connectivity index is 1.90. The number of sulfonamides is 1. The topological polar surface area (TPSA) is 62.3 Å². The van der Waals surface area contributed by atoms with Gasteiger partial charge in [-0.1, -0.05) is 26.8 Å². The zero-order valence-electron chi connectivity index (χ0n) is 15.3. The summed E-state index contributed by atoms with van der Waals surface area (Å²) in [6.45, 7) is 7.90. The highest BCUT2D eigenvalue weighted by atomic mass is 32.2. The second-order valence-electron chi connectivity index (χ2n) is 8.09. The van der Waals surface area contributed by atoms with E-state index in [1.807, 2.05) is 12.3 Å². The Labute approximate surface area is 146 Å². The minimum absolute atomic E-state index is 0.176. The summed E-state index contributed by atoms with van der Waals surface area (Å²) >= 11 is 0. The molecule has 1 aromatic rings. The molecule has 1 aliphatic heterocycles. The number of hydrogen-bond donors (Lipinski definition) is 1. The van der Waals surface area contributed by atoms with Crippen LogP contribution in [0.4, 0.5) is 0 Å². The molecule has 5 nitrogen and oxygen atoms in total. The molecule has 0 radical (unpaired) electrons. The Morgan fingerprint density at radius 3 is 2.75 bits per heavy atom. The van der Waals surface area contributed by atoms with Crippen molar-refractivity contribution < 1.29 is 8.42 Å². The van der Waals surface area contributed by atoms with E-state index in [1.54, 1.807) is 6.20 Å². The van der Waals surface area contributed by atoms with Gasteiger partial charge in [0, 0.05) is 25.0 Å². The van der Waals surface area contributed by atoms with E-state index < -0.39 is 10.0 Å². The van der Waals surface area contributed by atoms with Crippen LogP contribution in [-0.4, -0.2) is 44.2 Å². The molecule has 0 aliphatic carbocycles. The number of aromatic nitrogens is 1. The Kier molecular flexibility index (Phi) is 6.39. The fraction of sp³-hybridized carbons (Fsp3) is 0.722. The number of pyridine rings is 1. The van der Waals surface area contributed by atoms with Crippen LogP contribution in [0.5, 0.6) is 0 Å². The summed E-state index contributed by atoms with van der Waals surface area (Å²) in [5.41, 5.74) is 1.34. The standard InChI is InChI=1S/C18H31N3O2S/c1-18(2,3)9-6-12-24(22,23)20-14-16-8-11-21(4)17(16)15-7-5-10-19-13-15/h5,7,10,13,16-17,20H,6,8-9,11-12,14H2,1-4H3/t16-,17-/m0/s1. The molecule has 0 spiro atoms. The lowest BCUT2D eigenvalue weighted by Crippen LogP contribution is -2.34. The van der Waals surface area contributed by atoms with Gasteiger partial charge in [0.2, 0.25) is 10.0 Å². The van der Waals surface area contributed by atoms with Gasteiger partial charge in [0.25, 0.3) is 0 Å². The number of likely N-dealkylation sites (tertiary alicyclic amines) is 1. The van der Waals surface area contributed by atoms with Gasteiger partial charge in [-0.3, -0.25) is 9.88 Å². The first-order valence-electron chi connectivity index (χ1n) is 8.75. The summed E-state index contributed by atoms with van der Waals surface area (Å²) < 4.78 is 27.4. The maximum Gasteiger partial charge on any atom is 0.211 e. The van der Waals surface area contributed by atoms with E-state index in [1.165, 1.54) is 0 Å². The lowest BCUT2D eigenvalue weighted by Gasteiger charge is -2.25. The lowest BCUT2D eigenvalue weighted by molar-refractivity contribution is 0.276. The van der Waals surface area contributed by atoms with Gasteiger partial charge in [0.05, 0.1) is 5.75 Å². The molecule has 0 unspecified atom stereocenters. The van der Waals surface area contributed by atoms with Crippen LogP contribution in [0.25, 0.3) is 0 Å². The van der Waals surface area contributed by atoms with Gasteiger partial charge in [-0.2, -0.15) is 0 Å². The maximum absolute atomic E-state index is 12.3. The van der Waals surface area contributed by atoms with Crippen molar-refractivity contribution in [2.75, 3.05) is 25.9 Å². The quantitative estimate of drug-likeness (QED) is 0.819. The monoisotopic (exact) mass is 353 g/mol. The number of rotatable bonds is 7. The highest BCUT2D eigenvalue weighted by molar-refractivity contribution is 7.89. The van der Waals surface area contributed by atoms with Gasteiger partial charge < -0.3 is 0 Å². The highest BCUT2D eigenvalue weighted by Crippen LogP contribution is 2.35. The summed E-state index contributed by atoms with van der Waals surface area (Å²) in [7, 11) is -1.11. The molecule has 2 atom stereocenters. The number of hydrogen-bond acceptors (Lipinski definition) is 4. The van der Waals surface area contributed by atoms with E-state index in [9.17, 15) is 8.42 Å². The van der Waals surface area contributed by atoms with Crippen molar-refractivity contribution in [1.29, 1.82) is 0 Å². The first-order valence-corrected chi connectivity index (χ1v) is 10.4. The van der Waals surface area contributed by atoms with Crippen LogP contribution in [0.2, 0.25) is 0 Å². The van der Waals surface area contributed by atoms with Crippen LogP contribution in [0.1, 0.15) is 51.6 Å². The Hall–Kier alpha value is -0.980. The number of nitrogens with zero attached hydrogens (tertiary/aromatic N) is 2. The van der Waals surface area contributed by atoms with Crippen molar-refractivity contribution in [2.24, 2.45) is 11.3 Å². The van der Waals surface area contributed by atoms with Crippen LogP contribution in [-0.2, 0) is 10.0 Å². The van der Waals surface area contributed by atoms with Crippen molar-refractivity contribution in [1.82, 2.24) is 14.6 Å². The summed E-state index contributed by atoms with van der Waals surface area (Å²) in [6.07, 6.45) is 6.27. The van der Waals surface area contributed by atoms with Crippen LogP contribution in [0.3, 0.4) is 0 Å². The predicted molar refractivity (Wildman–Crippen MR) is 98.2 cm³/mol. The van der Waals surface area contributed by atoms with E-state index in [-0.39, 0.29) is 23.1 Å². The molecule has 1 saturated heterocycles. The molecular formula is C18H31N3O2S. The van der Waals surface area contributed by atoms with Crippen molar-refractivity contribution in [3.8, 4) is 0 Å². The van der Waals surface area contributed by atoms with Gasteiger partial charge >= 0.3 is 0 Å². The minimum atomic E-state index is -3.20. The van der Waals surface area contributed by atoms with E-state index in [0.717, 1.165) is 24.9 Å². The van der Waals surface area contributed by atoms with Gasteiger partial charge in [-0.15, -0.1) is 0 Å². The normalized spacial score (nSPS) is 22.8. The number of nitrogens with one attached hydrogen (secondary N) is 1. The third-order valence-electron chi connectivity index (χ3n) is 4.71. The lowest BCUT2D eigenvalue weighted by atomic mass is 9.91. The van der Waals surface area contributed by atoms with Gasteiger partial charge in [-0.25, -0.2) is 13.1 Å². The Bertz CT molecular complexity index is 611. The van der Waals surface area contributed by atoms with Crippen LogP contribution < -0.4 is 4.72 Å². The van der Waals surface area contributed by atoms with E-state index in [0.29, 0.717) is 13.0 Å². The zero-order chi connectivity index (χ0) is 17.8. The van der Waals surface area contributed by atoms with Crippen molar-refractivity contribution in [2.45, 2.75) is 46.1 Å². The van der Waals surface area contributed by atoms with Gasteiger partial charge in [0.1, 0.15) is 0 Å². The second kappa shape index (κ2) is 7.93. The van der Waals surface area contributed by atoms with Crippen molar-refractivity contribution in [3.63, 3.8) is 0 Å². The average molecular weight is 354 g/mol. The molecule has 2 rings (SSSR count). The molecule has 136 valence electrons. The van der Waals surface area contributed by atoms with Crippen LogP contribution in [0.15, 0.2) is 24.5 Å². The first-order chi connectivity index (χ1) is 11.2. The zero-order valence-corrected chi connectivity index (χ0v) is 16.1. The average Bonchev–Trinajstić information content (AvgIpc) is 2.85. The fourth-order valence-corrected chi connectivity index (χ4v) is 4.55. The van der Waals surface area contributed by atoms with Crippen molar-refractivity contribution >= 4 is 10.0 Å². The van der Waals surface area contributed by atoms with E-state index in [4.69, 9.17) is 0 Å². The molecule has 6 heteroatoms. The largest absolute Gasteiger partial charge is 0.299 e. The van der Waals surface area contributed by atoms with Gasteiger partial charge in [-0.05, 0) is 55.8 Å². The maximum atomic E-state index is 12.3. The molecule has 0 aromatic carbocycles. The molecule has 24 heavy (non-hydrogen) atoms. The summed E-state index contributed by atoms with van der Waals surface area (Å²) in [6, 6.07) is 4.25. The molecular weight excluding hydrogens is 322 g/mol. The molecule has 0 saturated carbocycles. The van der Waals surface area contributed by atoms with E-state index >= 15 is 0 Å². The SMILES string of the molecule is CN1CC[C@@H](CNS(=O)(=O)CCCC(C)(C)C)[C@@H]1c1cccnc1. The third-order valence-corrected chi connectivity index (χ3v) is 6.14. The van der Waals surface area contributed by atoms with Crippen LogP contribution in [0, 0.1) is 11.3 Å². The Morgan fingerprint density at radius 2 is 2.12 bits per heavy atom. The summed E-state index contributed by atoms with van der Waals surface area (Å²) in [5, 5.41) is 0. The summed E-state index contributed by atoms with van der Waals surface area (Å²) in [4.78, 5) is 6.49. The van der Waals surface area contributed by atoms with Gasteiger partial charge in [0.15, 0.2) is 0 Å². The van der Waals surface area contributed by atoms with Crippen LogP contribution >= 0.6 is 0 Å². The smallest absolute Gasteiger partial charge is 0.211 e. The molecule has 0 bridgehead atoms. The molecule has 1 aliphatic rings. The fourth-order valence-electron chi connectivity index (χ4n) is 3.42. The second-order valence-corrected chi connectivity index (χ2v) is 10.0. The Morgan fingerprint density at radius 1 is 1.38 bits per heavy atom. The molecule has 2 heterocycles. The summed E-state index contributed by atoms with van der Waals surface area (Å²) in [5.74, 6) is 0.501. The first kappa shape index (κ1) is 19.3. The highest BCUT2D eigenvalue weighted by Gasteiger charge is 2.33. The van der Waals surface area contributed by atoms with E-state index in [2.05, 4.69) is 48.5 Å². The molecule has 1 aromatic heterocycles. The molecule has 1 N–H and O–H groups in total. The van der Waals surface area contributed by atoms with Crippen molar-refractivity contribution in [3.05, 3.63) is 30.1 Å². The molecule has 1 fully saturated rings.